The fraction of sp³-hybridized carbons (Fsp3) is 0.780. The molecular formula is C41H72N6O10. The third kappa shape index (κ3) is 25.7. The lowest BCUT2D eigenvalue weighted by molar-refractivity contribution is -0.138. The molecule has 0 spiro atoms. The maximum atomic E-state index is 13.5. The zero-order valence-corrected chi connectivity index (χ0v) is 35.7. The second-order valence-electron chi connectivity index (χ2n) is 16.9. The highest BCUT2D eigenvalue weighted by atomic mass is 16.5. The lowest BCUT2D eigenvalue weighted by Crippen LogP contribution is -2.48. The van der Waals surface area contributed by atoms with E-state index in [0.29, 0.717) is 19.3 Å². The molecule has 1 aliphatic rings. The number of nitrogens with one attached hydrogen (secondary N) is 6. The quantitative estimate of drug-likeness (QED) is 0.113. The van der Waals surface area contributed by atoms with Crippen LogP contribution in [0.15, 0.2) is 12.2 Å². The minimum Gasteiger partial charge on any atom is -0.481 e. The Hall–Kier alpha value is -4.05. The normalized spacial score (nSPS) is 22.7. The molecular weight excluding hydrogens is 736 g/mol. The first kappa shape index (κ1) is 51.0. The first-order chi connectivity index (χ1) is 26.7. The zero-order chi connectivity index (χ0) is 43.1. The first-order valence-electron chi connectivity index (χ1n) is 20.5. The predicted octanol–water partition coefficient (Wildman–Crippen LogP) is 2.74. The van der Waals surface area contributed by atoms with Gasteiger partial charge in [0.2, 0.25) is 35.4 Å². The summed E-state index contributed by atoms with van der Waals surface area (Å²) in [5.74, 6) is -2.73. The van der Waals surface area contributed by atoms with E-state index >= 15 is 0 Å². The van der Waals surface area contributed by atoms with Crippen molar-refractivity contribution in [3.8, 4) is 0 Å². The summed E-state index contributed by atoms with van der Waals surface area (Å²) in [6.45, 7) is 17.2. The van der Waals surface area contributed by atoms with Crippen LogP contribution in [0.4, 0.5) is 0 Å². The van der Waals surface area contributed by atoms with Crippen LogP contribution < -0.4 is 31.9 Å². The summed E-state index contributed by atoms with van der Waals surface area (Å²) in [6.07, 6.45) is 4.33. The van der Waals surface area contributed by atoms with Crippen molar-refractivity contribution in [1.82, 2.24) is 31.9 Å². The SMILES string of the molecule is CC(=O)N[C@H](CC(=O)N[C@H]1COC/C=C/COC[C@@H](CC(=O)N[C@@H](CC(=O)O)CC(C)C)NC(=O)C[C@H](CC(C)C)NC(=O)C[C@H](CC(C)C)NC(=O)C1)C(C)C. The van der Waals surface area contributed by atoms with Gasteiger partial charge in [0.25, 0.3) is 0 Å². The van der Waals surface area contributed by atoms with Gasteiger partial charge in [0.15, 0.2) is 0 Å². The van der Waals surface area contributed by atoms with E-state index < -0.39 is 54.0 Å². The molecule has 16 nitrogen and oxygen atoms in total. The largest absolute Gasteiger partial charge is 0.481 e. The highest BCUT2D eigenvalue weighted by molar-refractivity contribution is 5.83. The Morgan fingerprint density at radius 2 is 1.21 bits per heavy atom. The van der Waals surface area contributed by atoms with Gasteiger partial charge in [0.05, 0.1) is 44.9 Å². The van der Waals surface area contributed by atoms with Gasteiger partial charge in [0, 0.05) is 63.2 Å². The fourth-order valence-corrected chi connectivity index (χ4v) is 6.74. The van der Waals surface area contributed by atoms with Gasteiger partial charge in [-0.05, 0) is 42.9 Å². The van der Waals surface area contributed by atoms with E-state index in [1.807, 2.05) is 55.4 Å². The van der Waals surface area contributed by atoms with Gasteiger partial charge < -0.3 is 46.5 Å². The van der Waals surface area contributed by atoms with E-state index in [1.54, 1.807) is 12.2 Å². The number of ether oxygens (including phenoxy) is 2. The van der Waals surface area contributed by atoms with E-state index in [1.165, 1.54) is 6.92 Å². The van der Waals surface area contributed by atoms with Crippen molar-refractivity contribution in [2.75, 3.05) is 26.4 Å². The molecule has 1 rings (SSSR count). The Morgan fingerprint density at radius 3 is 1.68 bits per heavy atom. The van der Waals surface area contributed by atoms with Crippen molar-refractivity contribution < 1.29 is 48.1 Å². The number of carbonyl (C=O) groups is 7. The third-order valence-corrected chi connectivity index (χ3v) is 9.07. The van der Waals surface area contributed by atoms with Crippen molar-refractivity contribution in [1.29, 1.82) is 0 Å². The number of amides is 6. The molecule has 1 aliphatic heterocycles. The van der Waals surface area contributed by atoms with Crippen LogP contribution in [0.3, 0.4) is 0 Å². The molecule has 0 saturated carbocycles. The molecule has 0 aliphatic carbocycles. The molecule has 6 atom stereocenters. The fourth-order valence-electron chi connectivity index (χ4n) is 6.74. The Morgan fingerprint density at radius 1 is 0.702 bits per heavy atom. The Balaban J connectivity index is 3.31. The first-order valence-corrected chi connectivity index (χ1v) is 20.5. The molecule has 0 saturated heterocycles. The van der Waals surface area contributed by atoms with E-state index in [4.69, 9.17) is 9.47 Å². The number of carboxylic acid groups (broad SMARTS) is 1. The van der Waals surface area contributed by atoms with Gasteiger partial charge in [-0.3, -0.25) is 33.6 Å². The zero-order valence-electron chi connectivity index (χ0n) is 35.7. The second kappa shape index (κ2) is 27.6. The molecule has 57 heavy (non-hydrogen) atoms. The van der Waals surface area contributed by atoms with Gasteiger partial charge in [-0.25, -0.2) is 0 Å². The lowest BCUT2D eigenvalue weighted by Gasteiger charge is -2.26. The molecule has 6 amide bonds. The molecule has 1 heterocycles. The summed E-state index contributed by atoms with van der Waals surface area (Å²) in [6, 6.07) is -3.48. The third-order valence-electron chi connectivity index (χ3n) is 9.07. The van der Waals surface area contributed by atoms with Crippen LogP contribution in [0.25, 0.3) is 0 Å². The number of aliphatic carboxylic acids is 1. The molecule has 0 aromatic carbocycles. The Kier molecular flexibility index (Phi) is 24.6. The van der Waals surface area contributed by atoms with Crippen molar-refractivity contribution in [3.63, 3.8) is 0 Å². The lowest BCUT2D eigenvalue weighted by atomic mass is 9.98. The minimum absolute atomic E-state index is 0.00591. The summed E-state index contributed by atoms with van der Waals surface area (Å²) in [7, 11) is 0. The van der Waals surface area contributed by atoms with E-state index in [2.05, 4.69) is 31.9 Å². The number of carbonyl (C=O) groups excluding carboxylic acids is 6. The smallest absolute Gasteiger partial charge is 0.305 e. The van der Waals surface area contributed by atoms with Crippen molar-refractivity contribution in [3.05, 3.63) is 12.2 Å². The topological polar surface area (TPSA) is 230 Å². The standard InChI is InChI=1S/C41H72N6O10/c1-25(2)14-30-17-36(49)43-31(15-26(3)4)18-37(50)46-33(19-39(52)45-32(16-27(5)6)21-41(54)55)23-56-12-10-11-13-57-24-34(20-38(51)44-30)47-40(53)22-35(28(7)8)42-29(9)48/h10-11,25-28,30-35H,12-24H2,1-9H3,(H,42,48)(H,43,49)(H,44,51)(H,45,52)(H,46,50)(H,47,53)(H,54,55)/b11-10+/t30-,31-,32+,33+,34+,35+/m0/s1. The van der Waals surface area contributed by atoms with Crippen LogP contribution in [0, 0.1) is 23.7 Å². The van der Waals surface area contributed by atoms with Crippen molar-refractivity contribution >= 4 is 41.4 Å². The highest BCUT2D eigenvalue weighted by Gasteiger charge is 2.27. The van der Waals surface area contributed by atoms with Crippen LogP contribution in [-0.4, -0.2) is 109 Å². The maximum Gasteiger partial charge on any atom is 0.305 e. The molecule has 326 valence electrons. The summed E-state index contributed by atoms with van der Waals surface area (Å²) >= 11 is 0. The van der Waals surface area contributed by atoms with Gasteiger partial charge in [0.1, 0.15) is 0 Å². The average molecular weight is 809 g/mol. The summed E-state index contributed by atoms with van der Waals surface area (Å²) in [5.41, 5.74) is 0. The molecule has 0 radical (unpaired) electrons. The Bertz CT molecular complexity index is 1320. The molecule has 0 bridgehead atoms. The molecule has 0 unspecified atom stereocenters. The average Bonchev–Trinajstić information content (AvgIpc) is 3.03. The van der Waals surface area contributed by atoms with E-state index in [0.717, 1.165) is 0 Å². The van der Waals surface area contributed by atoms with Crippen LogP contribution in [0.2, 0.25) is 0 Å². The van der Waals surface area contributed by atoms with Crippen LogP contribution in [0.1, 0.15) is 120 Å². The van der Waals surface area contributed by atoms with Gasteiger partial charge in [-0.2, -0.15) is 0 Å². The summed E-state index contributed by atoms with van der Waals surface area (Å²) < 4.78 is 11.6. The maximum absolute atomic E-state index is 13.5. The molecule has 0 aromatic heterocycles. The molecule has 0 fully saturated rings. The van der Waals surface area contributed by atoms with E-state index in [-0.39, 0.29) is 112 Å². The van der Waals surface area contributed by atoms with E-state index in [9.17, 15) is 38.7 Å². The van der Waals surface area contributed by atoms with Gasteiger partial charge >= 0.3 is 5.97 Å². The summed E-state index contributed by atoms with van der Waals surface area (Å²) in [5, 5.41) is 26.7. The van der Waals surface area contributed by atoms with Crippen molar-refractivity contribution in [2.45, 2.75) is 156 Å². The second-order valence-corrected chi connectivity index (χ2v) is 16.9. The number of hydrogen-bond acceptors (Lipinski definition) is 9. The van der Waals surface area contributed by atoms with Gasteiger partial charge in [-0.1, -0.05) is 67.5 Å². The predicted molar refractivity (Wildman–Crippen MR) is 217 cm³/mol. The van der Waals surface area contributed by atoms with Gasteiger partial charge in [-0.15, -0.1) is 0 Å². The van der Waals surface area contributed by atoms with Crippen molar-refractivity contribution in [2.24, 2.45) is 23.7 Å². The van der Waals surface area contributed by atoms with Crippen LogP contribution >= 0.6 is 0 Å². The number of carboxylic acids is 1. The minimum atomic E-state index is -1.03. The van der Waals surface area contributed by atoms with Crippen LogP contribution in [-0.2, 0) is 43.0 Å². The Labute approximate surface area is 339 Å². The molecule has 16 heteroatoms. The number of hydrogen-bond donors (Lipinski definition) is 7. The monoisotopic (exact) mass is 809 g/mol. The highest BCUT2D eigenvalue weighted by Crippen LogP contribution is 2.14. The number of rotatable bonds is 16. The molecule has 7 N–H and O–H groups in total. The molecule has 0 aromatic rings. The van der Waals surface area contributed by atoms with Crippen LogP contribution in [0.5, 0.6) is 0 Å². The summed E-state index contributed by atoms with van der Waals surface area (Å²) in [4.78, 5) is 89.8.